The summed E-state index contributed by atoms with van der Waals surface area (Å²) in [6.45, 7) is 1.81. The Morgan fingerprint density at radius 2 is 2.67 bits per heavy atom. The Kier molecular flexibility index (Phi) is 4.63. The molecule has 0 saturated heterocycles. The third-order valence-electron chi connectivity index (χ3n) is 1.62. The minimum atomic E-state index is -0.192. The van der Waals surface area contributed by atoms with E-state index in [9.17, 15) is 4.79 Å². The van der Waals surface area contributed by atoms with Crippen LogP contribution in [0.5, 0.6) is 0 Å². The van der Waals surface area contributed by atoms with Crippen LogP contribution in [0.4, 0.5) is 0 Å². The highest BCUT2D eigenvalue weighted by atomic mass is 32.2. The second-order valence-electron chi connectivity index (χ2n) is 2.81. The average molecular weight is 225 g/mol. The summed E-state index contributed by atoms with van der Waals surface area (Å²) in [6.07, 6.45) is 1.39. The SMILES string of the molecule is CC(NC(=O)CSCC#N)c1ncn[nH]1. The zero-order valence-electron chi connectivity index (χ0n) is 8.23. The molecule has 1 aromatic heterocycles. The Hall–Kier alpha value is -1.55. The maximum absolute atomic E-state index is 11.3. The highest BCUT2D eigenvalue weighted by Crippen LogP contribution is 2.05. The first-order valence-corrected chi connectivity index (χ1v) is 5.49. The highest BCUT2D eigenvalue weighted by Gasteiger charge is 2.11. The van der Waals surface area contributed by atoms with Crippen LogP contribution in [0.25, 0.3) is 0 Å². The van der Waals surface area contributed by atoms with Gasteiger partial charge in [-0.05, 0) is 6.92 Å². The summed E-state index contributed by atoms with van der Waals surface area (Å²) in [5.74, 6) is 1.11. The van der Waals surface area contributed by atoms with Crippen LogP contribution in [0.1, 0.15) is 18.8 Å². The molecule has 0 aromatic carbocycles. The van der Waals surface area contributed by atoms with Gasteiger partial charge in [-0.3, -0.25) is 9.89 Å². The van der Waals surface area contributed by atoms with E-state index in [-0.39, 0.29) is 17.7 Å². The van der Waals surface area contributed by atoms with Gasteiger partial charge in [0.15, 0.2) is 0 Å². The summed E-state index contributed by atoms with van der Waals surface area (Å²) in [5.41, 5.74) is 0. The third kappa shape index (κ3) is 3.99. The third-order valence-corrected chi connectivity index (χ3v) is 2.42. The molecule has 1 atom stereocenters. The second kappa shape index (κ2) is 6.03. The van der Waals surface area contributed by atoms with Gasteiger partial charge in [0.05, 0.1) is 23.6 Å². The molecule has 1 amide bonds. The number of hydrogen-bond donors (Lipinski definition) is 2. The lowest BCUT2D eigenvalue weighted by atomic mass is 10.3. The van der Waals surface area contributed by atoms with Gasteiger partial charge >= 0.3 is 0 Å². The Morgan fingerprint density at radius 3 is 3.27 bits per heavy atom. The molecule has 15 heavy (non-hydrogen) atoms. The van der Waals surface area contributed by atoms with Crippen LogP contribution in [0, 0.1) is 11.3 Å². The minimum Gasteiger partial charge on any atom is -0.346 e. The molecule has 7 heteroatoms. The lowest BCUT2D eigenvalue weighted by Gasteiger charge is -2.09. The first kappa shape index (κ1) is 11.5. The zero-order chi connectivity index (χ0) is 11.1. The number of H-pyrrole nitrogens is 1. The summed E-state index contributed by atoms with van der Waals surface area (Å²) < 4.78 is 0. The van der Waals surface area contributed by atoms with E-state index >= 15 is 0 Å². The first-order valence-electron chi connectivity index (χ1n) is 4.33. The van der Waals surface area contributed by atoms with Gasteiger partial charge in [-0.25, -0.2) is 4.98 Å². The van der Waals surface area contributed by atoms with E-state index in [0.717, 1.165) is 0 Å². The number of aromatic nitrogens is 3. The topological polar surface area (TPSA) is 94.5 Å². The lowest BCUT2D eigenvalue weighted by molar-refractivity contribution is -0.119. The first-order chi connectivity index (χ1) is 7.24. The Morgan fingerprint density at radius 1 is 1.87 bits per heavy atom. The van der Waals surface area contributed by atoms with Gasteiger partial charge in [0.1, 0.15) is 12.2 Å². The van der Waals surface area contributed by atoms with E-state index in [1.54, 1.807) is 0 Å². The quantitative estimate of drug-likeness (QED) is 0.700. The number of nitrogens with zero attached hydrogens (tertiary/aromatic N) is 3. The molecule has 1 aromatic rings. The van der Waals surface area contributed by atoms with Crippen LogP contribution < -0.4 is 5.32 Å². The predicted octanol–water partition coefficient (Wildman–Crippen LogP) is 0.239. The monoisotopic (exact) mass is 225 g/mol. The van der Waals surface area contributed by atoms with Crippen molar-refractivity contribution >= 4 is 17.7 Å². The molecule has 0 bridgehead atoms. The maximum atomic E-state index is 11.3. The summed E-state index contributed by atoms with van der Waals surface area (Å²) in [7, 11) is 0. The molecule has 0 fully saturated rings. The standard InChI is InChI=1S/C8H11N5OS/c1-6(8-10-5-11-13-8)12-7(14)4-15-3-2-9/h5-6H,3-4H2,1H3,(H,12,14)(H,10,11,13). The predicted molar refractivity (Wildman–Crippen MR) is 55.9 cm³/mol. The fraction of sp³-hybridized carbons (Fsp3) is 0.500. The number of carbonyl (C=O) groups is 1. The van der Waals surface area contributed by atoms with E-state index in [4.69, 9.17) is 5.26 Å². The number of aromatic amines is 1. The molecule has 0 aliphatic rings. The number of amides is 1. The van der Waals surface area contributed by atoms with Crippen LogP contribution >= 0.6 is 11.8 Å². The number of nitriles is 1. The molecule has 2 N–H and O–H groups in total. The molecule has 0 aliphatic carbocycles. The molecular weight excluding hydrogens is 214 g/mol. The zero-order valence-corrected chi connectivity index (χ0v) is 9.04. The van der Waals surface area contributed by atoms with Crippen molar-refractivity contribution in [2.24, 2.45) is 0 Å². The van der Waals surface area contributed by atoms with Crippen LogP contribution in [-0.4, -0.2) is 32.6 Å². The molecule has 80 valence electrons. The van der Waals surface area contributed by atoms with Gasteiger partial charge in [0.2, 0.25) is 5.91 Å². The Labute approximate surface area is 91.5 Å². The molecule has 0 aliphatic heterocycles. The van der Waals surface area contributed by atoms with Crippen molar-refractivity contribution in [3.63, 3.8) is 0 Å². The smallest absolute Gasteiger partial charge is 0.230 e. The number of hydrogen-bond acceptors (Lipinski definition) is 5. The fourth-order valence-corrected chi connectivity index (χ4v) is 1.43. The molecule has 1 rings (SSSR count). The van der Waals surface area contributed by atoms with Crippen molar-refractivity contribution in [2.75, 3.05) is 11.5 Å². The molecular formula is C8H11N5OS. The van der Waals surface area contributed by atoms with Crippen LogP contribution in [0.15, 0.2) is 6.33 Å². The summed E-state index contributed by atoms with van der Waals surface area (Å²) in [6, 6.07) is 1.77. The fourth-order valence-electron chi connectivity index (χ4n) is 0.964. The lowest BCUT2D eigenvalue weighted by Crippen LogP contribution is -2.28. The van der Waals surface area contributed by atoms with Crippen molar-refractivity contribution in [1.82, 2.24) is 20.5 Å². The molecule has 1 unspecified atom stereocenters. The summed E-state index contributed by atoms with van der Waals surface area (Å²) in [5, 5.41) is 17.4. The normalized spacial score (nSPS) is 11.7. The van der Waals surface area contributed by atoms with Crippen molar-refractivity contribution in [2.45, 2.75) is 13.0 Å². The van der Waals surface area contributed by atoms with Crippen LogP contribution in [0.2, 0.25) is 0 Å². The Balaban J connectivity index is 2.29. The van der Waals surface area contributed by atoms with Gasteiger partial charge in [-0.2, -0.15) is 10.4 Å². The second-order valence-corrected chi connectivity index (χ2v) is 3.80. The largest absolute Gasteiger partial charge is 0.346 e. The number of carbonyl (C=O) groups excluding carboxylic acids is 1. The number of thioether (sulfide) groups is 1. The maximum Gasteiger partial charge on any atom is 0.230 e. The molecule has 6 nitrogen and oxygen atoms in total. The number of rotatable bonds is 5. The van der Waals surface area contributed by atoms with Crippen LogP contribution in [-0.2, 0) is 4.79 Å². The molecule has 0 radical (unpaired) electrons. The minimum absolute atomic E-state index is 0.112. The van der Waals surface area contributed by atoms with Crippen molar-refractivity contribution in [3.8, 4) is 6.07 Å². The van der Waals surface area contributed by atoms with Gasteiger partial charge in [0.25, 0.3) is 0 Å². The molecule has 0 saturated carbocycles. The average Bonchev–Trinajstić information content (AvgIpc) is 2.70. The molecule has 1 heterocycles. The molecule has 0 spiro atoms. The summed E-state index contributed by atoms with van der Waals surface area (Å²) in [4.78, 5) is 15.2. The van der Waals surface area contributed by atoms with Gasteiger partial charge in [-0.15, -0.1) is 11.8 Å². The van der Waals surface area contributed by atoms with Crippen molar-refractivity contribution in [3.05, 3.63) is 12.2 Å². The van der Waals surface area contributed by atoms with Crippen molar-refractivity contribution < 1.29 is 4.79 Å². The van der Waals surface area contributed by atoms with Gasteiger partial charge in [-0.1, -0.05) is 0 Å². The summed E-state index contributed by atoms with van der Waals surface area (Å²) >= 11 is 1.28. The van der Waals surface area contributed by atoms with E-state index < -0.39 is 0 Å². The van der Waals surface area contributed by atoms with Gasteiger partial charge in [0, 0.05) is 0 Å². The Bertz CT molecular complexity index is 344. The van der Waals surface area contributed by atoms with E-state index in [0.29, 0.717) is 11.6 Å². The highest BCUT2D eigenvalue weighted by molar-refractivity contribution is 8.00. The van der Waals surface area contributed by atoms with Gasteiger partial charge < -0.3 is 5.32 Å². The van der Waals surface area contributed by atoms with Crippen LogP contribution in [0.3, 0.4) is 0 Å². The van der Waals surface area contributed by atoms with Crippen molar-refractivity contribution in [1.29, 1.82) is 5.26 Å². The van der Waals surface area contributed by atoms with E-state index in [1.165, 1.54) is 18.1 Å². The van der Waals surface area contributed by atoms with E-state index in [1.807, 2.05) is 13.0 Å². The van der Waals surface area contributed by atoms with E-state index in [2.05, 4.69) is 20.5 Å². The number of nitrogens with one attached hydrogen (secondary N) is 2.